The second-order valence-corrected chi connectivity index (χ2v) is 9.09. The largest absolute Gasteiger partial charge is 0.426 e. The lowest BCUT2D eigenvalue weighted by Crippen LogP contribution is -1.68. The summed E-state index contributed by atoms with van der Waals surface area (Å²) in [6.07, 6.45) is 0. The Morgan fingerprint density at radius 1 is 0.783 bits per heavy atom. The lowest BCUT2D eigenvalue weighted by atomic mass is 10.3. The molecule has 0 atom stereocenters. The molecule has 0 radical (unpaired) electrons. The summed E-state index contributed by atoms with van der Waals surface area (Å²) >= 11 is 7.21. The SMILES string of the molecule is CC.CC(C)C.Cc1nnc(C)o1.OP(O)(O)=S.OP(O)(O)=S. The minimum atomic E-state index is -3.81. The van der Waals surface area contributed by atoms with E-state index in [9.17, 15) is 0 Å². The zero-order valence-corrected chi connectivity index (χ0v) is 17.7. The van der Waals surface area contributed by atoms with Crippen LogP contribution >= 0.6 is 13.4 Å². The Labute approximate surface area is 147 Å². The van der Waals surface area contributed by atoms with Crippen LogP contribution in [0, 0.1) is 19.8 Å². The molecule has 13 heteroatoms. The van der Waals surface area contributed by atoms with Crippen LogP contribution in [-0.4, -0.2) is 39.6 Å². The highest BCUT2D eigenvalue weighted by Gasteiger charge is 1.92. The molecular formula is C10H28N2O7P2S2. The van der Waals surface area contributed by atoms with Gasteiger partial charge in [0.1, 0.15) is 0 Å². The van der Waals surface area contributed by atoms with Crippen LogP contribution in [0.25, 0.3) is 0 Å². The number of hydrogen-bond donors (Lipinski definition) is 6. The molecule has 0 fully saturated rings. The third-order valence-electron chi connectivity index (χ3n) is 0.627. The van der Waals surface area contributed by atoms with Gasteiger partial charge in [0.15, 0.2) is 0 Å². The first-order valence-electron chi connectivity index (χ1n) is 6.35. The van der Waals surface area contributed by atoms with Crippen molar-refractivity contribution in [2.75, 3.05) is 0 Å². The van der Waals surface area contributed by atoms with Crippen LogP contribution in [-0.2, 0) is 23.6 Å². The summed E-state index contributed by atoms with van der Waals surface area (Å²) in [4.78, 5) is 45.3. The second kappa shape index (κ2) is 17.0. The van der Waals surface area contributed by atoms with Gasteiger partial charge in [-0.15, -0.1) is 10.2 Å². The third kappa shape index (κ3) is 107. The quantitative estimate of drug-likeness (QED) is 0.343. The first kappa shape index (κ1) is 31.0. The van der Waals surface area contributed by atoms with Gasteiger partial charge >= 0.3 is 13.4 Å². The third-order valence-corrected chi connectivity index (χ3v) is 0.627. The fraction of sp³-hybridized carbons (Fsp3) is 0.800. The van der Waals surface area contributed by atoms with Crippen LogP contribution in [0.4, 0.5) is 0 Å². The van der Waals surface area contributed by atoms with Gasteiger partial charge < -0.3 is 33.8 Å². The molecule has 9 nitrogen and oxygen atoms in total. The minimum Gasteiger partial charge on any atom is -0.426 e. The molecule has 0 aliphatic heterocycles. The van der Waals surface area contributed by atoms with Crippen LogP contribution in [0.1, 0.15) is 46.4 Å². The fourth-order valence-corrected chi connectivity index (χ4v) is 0.395. The lowest BCUT2D eigenvalue weighted by Gasteiger charge is -1.88. The number of rotatable bonds is 0. The van der Waals surface area contributed by atoms with Crippen molar-refractivity contribution in [3.8, 4) is 0 Å². The Balaban J connectivity index is -0.000000103. The van der Waals surface area contributed by atoms with Crippen LogP contribution in [0.5, 0.6) is 0 Å². The van der Waals surface area contributed by atoms with Gasteiger partial charge in [-0.2, -0.15) is 0 Å². The number of aromatic nitrogens is 2. The monoisotopic (exact) mass is 414 g/mol. The molecule has 0 bridgehead atoms. The molecule has 0 aliphatic rings. The van der Waals surface area contributed by atoms with Gasteiger partial charge in [-0.3, -0.25) is 0 Å². The maximum atomic E-state index is 7.56. The van der Waals surface area contributed by atoms with Gasteiger partial charge in [0.05, 0.1) is 0 Å². The van der Waals surface area contributed by atoms with Crippen molar-refractivity contribution < 1.29 is 33.8 Å². The molecule has 0 saturated heterocycles. The van der Waals surface area contributed by atoms with E-state index in [0.717, 1.165) is 5.92 Å². The zero-order chi connectivity index (χ0) is 19.9. The standard InChI is InChI=1S/C4H6N2O.C4H10.C2H6.2H3O3PS/c1-3-5-6-4(2)7-3;1-4(2)3;1-2;2*1-4(2,3)5/h1-2H3;4H,1-3H3;1-2H3;2*(H3,1,2,3,5). The molecule has 1 heterocycles. The van der Waals surface area contributed by atoms with Gasteiger partial charge in [0, 0.05) is 13.8 Å². The van der Waals surface area contributed by atoms with Gasteiger partial charge in [0.2, 0.25) is 11.8 Å². The molecule has 0 amide bonds. The number of nitrogens with zero attached hydrogens (tertiary/aromatic N) is 2. The van der Waals surface area contributed by atoms with Crippen LogP contribution < -0.4 is 0 Å². The van der Waals surface area contributed by atoms with E-state index in [1.165, 1.54) is 0 Å². The predicted molar refractivity (Wildman–Crippen MR) is 97.5 cm³/mol. The Kier molecular flexibility index (Phi) is 23.0. The summed E-state index contributed by atoms with van der Waals surface area (Å²) in [7, 11) is 0. The molecule has 0 unspecified atom stereocenters. The van der Waals surface area contributed by atoms with E-state index in [2.05, 4.69) is 54.6 Å². The van der Waals surface area contributed by atoms with Gasteiger partial charge in [-0.1, -0.05) is 34.6 Å². The topological polar surface area (TPSA) is 160 Å². The predicted octanol–water partition coefficient (Wildman–Crippen LogP) is 1.75. The minimum absolute atomic E-state index is 0.623. The molecule has 1 rings (SSSR count). The second-order valence-electron chi connectivity index (χ2n) is 4.10. The summed E-state index contributed by atoms with van der Waals surface area (Å²) in [5.41, 5.74) is 0. The maximum absolute atomic E-state index is 7.56. The van der Waals surface area contributed by atoms with Gasteiger partial charge in [0.25, 0.3) is 0 Å². The summed E-state index contributed by atoms with van der Waals surface area (Å²) in [6.45, 7) is 6.42. The van der Waals surface area contributed by atoms with Crippen molar-refractivity contribution in [3.05, 3.63) is 11.8 Å². The van der Waals surface area contributed by atoms with E-state index < -0.39 is 13.4 Å². The number of hydrogen-bond acceptors (Lipinski definition) is 5. The Hall–Kier alpha value is 0.200. The van der Waals surface area contributed by atoms with E-state index >= 15 is 0 Å². The van der Waals surface area contributed by atoms with Crippen molar-refractivity contribution in [1.29, 1.82) is 0 Å². The van der Waals surface area contributed by atoms with Crippen LogP contribution in [0.2, 0.25) is 0 Å². The van der Waals surface area contributed by atoms with Gasteiger partial charge in [-0.25, -0.2) is 0 Å². The Morgan fingerprint density at radius 3 is 0.957 bits per heavy atom. The maximum Gasteiger partial charge on any atom is 0.319 e. The summed E-state index contributed by atoms with van der Waals surface area (Å²) in [5.74, 6) is 2.08. The normalized spacial score (nSPS) is 9.83. The molecule has 1 aromatic rings. The highest BCUT2D eigenvalue weighted by molar-refractivity contribution is 8.06. The van der Waals surface area contributed by atoms with Crippen molar-refractivity contribution in [3.63, 3.8) is 0 Å². The van der Waals surface area contributed by atoms with E-state index in [-0.39, 0.29) is 0 Å². The van der Waals surface area contributed by atoms with Crippen molar-refractivity contribution >= 4 is 37.1 Å². The Morgan fingerprint density at radius 2 is 0.913 bits per heavy atom. The van der Waals surface area contributed by atoms with E-state index in [4.69, 9.17) is 33.8 Å². The highest BCUT2D eigenvalue weighted by atomic mass is 32.5. The van der Waals surface area contributed by atoms with Crippen molar-refractivity contribution in [2.24, 2.45) is 5.92 Å². The first-order chi connectivity index (χ1) is 10.0. The molecular weight excluding hydrogens is 386 g/mol. The lowest BCUT2D eigenvalue weighted by molar-refractivity contribution is 0.361. The van der Waals surface area contributed by atoms with E-state index in [0.29, 0.717) is 11.8 Å². The van der Waals surface area contributed by atoms with Gasteiger partial charge in [-0.05, 0) is 29.5 Å². The molecule has 0 spiro atoms. The molecule has 23 heavy (non-hydrogen) atoms. The number of aryl methyl sites for hydroxylation is 2. The van der Waals surface area contributed by atoms with Crippen LogP contribution in [0.3, 0.4) is 0 Å². The summed E-state index contributed by atoms with van der Waals surface area (Å²) in [5, 5.41) is 7.20. The molecule has 142 valence electrons. The van der Waals surface area contributed by atoms with Crippen LogP contribution in [0.15, 0.2) is 4.42 Å². The average Bonchev–Trinajstić information content (AvgIpc) is 2.59. The highest BCUT2D eigenvalue weighted by Crippen LogP contribution is 2.26. The molecule has 6 N–H and O–H groups in total. The molecule has 1 aromatic heterocycles. The van der Waals surface area contributed by atoms with E-state index in [1.54, 1.807) is 13.8 Å². The zero-order valence-electron chi connectivity index (χ0n) is 14.3. The molecule has 0 aromatic carbocycles. The summed E-state index contributed by atoms with van der Waals surface area (Å²) < 4.78 is 4.86. The van der Waals surface area contributed by atoms with Crippen molar-refractivity contribution in [1.82, 2.24) is 10.2 Å². The van der Waals surface area contributed by atoms with Crippen molar-refractivity contribution in [2.45, 2.75) is 48.5 Å². The smallest absolute Gasteiger partial charge is 0.319 e. The molecule has 0 aliphatic carbocycles. The summed E-state index contributed by atoms with van der Waals surface area (Å²) in [6, 6.07) is 0. The fourth-order valence-electron chi connectivity index (χ4n) is 0.395. The Bertz CT molecular complexity index is 404. The molecule has 0 saturated carbocycles. The van der Waals surface area contributed by atoms with E-state index in [1.807, 2.05) is 13.8 Å². The average molecular weight is 414 g/mol. The first-order valence-corrected chi connectivity index (χ1v) is 11.7.